The Balaban J connectivity index is 1.87. The van der Waals surface area contributed by atoms with Crippen LogP contribution >= 0.6 is 27.7 Å². The number of amides is 1. The first kappa shape index (κ1) is 18.0. The van der Waals surface area contributed by atoms with Gasteiger partial charge in [0.2, 0.25) is 0 Å². The number of benzene rings is 2. The SMILES string of the molecule is COC(=O)C1=C(c2ccccc2)[C@H]2CSCN2C12C(=O)Nc1ccc(Br)cc12. The van der Waals surface area contributed by atoms with Gasteiger partial charge in [0, 0.05) is 33.4 Å². The number of rotatable bonds is 2. The molecule has 0 aliphatic carbocycles. The molecule has 2 atom stereocenters. The van der Waals surface area contributed by atoms with Crippen LogP contribution in [0, 0.1) is 0 Å². The number of esters is 1. The zero-order valence-electron chi connectivity index (χ0n) is 15.1. The Kier molecular flexibility index (Phi) is 4.15. The summed E-state index contributed by atoms with van der Waals surface area (Å²) in [5.74, 6) is 0.838. The van der Waals surface area contributed by atoms with Gasteiger partial charge in [-0.2, -0.15) is 0 Å². The van der Waals surface area contributed by atoms with Crippen LogP contribution < -0.4 is 5.32 Å². The lowest BCUT2D eigenvalue weighted by Crippen LogP contribution is -2.51. The lowest BCUT2D eigenvalue weighted by atomic mass is 9.82. The second-order valence-corrected chi connectivity index (χ2v) is 8.90. The molecule has 0 bridgehead atoms. The first-order valence-electron chi connectivity index (χ1n) is 8.93. The van der Waals surface area contributed by atoms with Crippen molar-refractivity contribution in [2.24, 2.45) is 0 Å². The fraction of sp³-hybridized carbons (Fsp3) is 0.238. The zero-order valence-corrected chi connectivity index (χ0v) is 17.5. The predicted molar refractivity (Wildman–Crippen MR) is 113 cm³/mol. The number of anilines is 1. The molecule has 1 amide bonds. The van der Waals surface area contributed by atoms with Crippen molar-refractivity contribution >= 4 is 50.8 Å². The lowest BCUT2D eigenvalue weighted by molar-refractivity contribution is -0.140. The zero-order chi connectivity index (χ0) is 19.5. The number of nitrogens with one attached hydrogen (secondary N) is 1. The minimum atomic E-state index is -1.18. The van der Waals surface area contributed by atoms with Crippen LogP contribution in [-0.2, 0) is 19.9 Å². The van der Waals surface area contributed by atoms with Crippen LogP contribution in [0.2, 0.25) is 0 Å². The van der Waals surface area contributed by atoms with Crippen molar-refractivity contribution in [1.29, 1.82) is 0 Å². The van der Waals surface area contributed by atoms with Crippen LogP contribution in [0.3, 0.4) is 0 Å². The predicted octanol–water partition coefficient (Wildman–Crippen LogP) is 3.61. The summed E-state index contributed by atoms with van der Waals surface area (Å²) in [5, 5.41) is 3.00. The van der Waals surface area contributed by atoms with E-state index in [1.807, 2.05) is 48.5 Å². The molecule has 1 saturated heterocycles. The third kappa shape index (κ3) is 2.24. The molecule has 2 aromatic rings. The van der Waals surface area contributed by atoms with E-state index < -0.39 is 11.5 Å². The van der Waals surface area contributed by atoms with Crippen LogP contribution in [0.25, 0.3) is 5.57 Å². The largest absolute Gasteiger partial charge is 0.466 e. The van der Waals surface area contributed by atoms with Crippen LogP contribution in [-0.4, -0.2) is 41.6 Å². The van der Waals surface area contributed by atoms with Crippen molar-refractivity contribution in [3.63, 3.8) is 0 Å². The van der Waals surface area contributed by atoms with Gasteiger partial charge in [0.05, 0.1) is 12.7 Å². The van der Waals surface area contributed by atoms with Crippen molar-refractivity contribution in [2.75, 3.05) is 24.1 Å². The Hall–Kier alpha value is -2.09. The van der Waals surface area contributed by atoms with Crippen LogP contribution in [0.1, 0.15) is 11.1 Å². The van der Waals surface area contributed by atoms with Gasteiger partial charge in [0.25, 0.3) is 5.91 Å². The van der Waals surface area contributed by atoms with Gasteiger partial charge in [-0.15, -0.1) is 11.8 Å². The second kappa shape index (κ2) is 6.47. The number of nitrogens with zero attached hydrogens (tertiary/aromatic N) is 1. The van der Waals surface area contributed by atoms with Gasteiger partial charge in [-0.3, -0.25) is 9.69 Å². The maximum atomic E-state index is 13.5. The molecule has 28 heavy (non-hydrogen) atoms. The van der Waals surface area contributed by atoms with Crippen LogP contribution in [0.15, 0.2) is 58.6 Å². The van der Waals surface area contributed by atoms with Crippen molar-refractivity contribution in [3.8, 4) is 0 Å². The average molecular weight is 457 g/mol. The number of ether oxygens (including phenoxy) is 1. The highest BCUT2D eigenvalue weighted by Crippen LogP contribution is 2.57. The van der Waals surface area contributed by atoms with E-state index in [1.165, 1.54) is 7.11 Å². The molecule has 3 heterocycles. The molecule has 5 rings (SSSR count). The van der Waals surface area contributed by atoms with E-state index >= 15 is 0 Å². The summed E-state index contributed by atoms with van der Waals surface area (Å²) in [4.78, 5) is 28.8. The molecule has 2 aromatic carbocycles. The summed E-state index contributed by atoms with van der Waals surface area (Å²) in [5.41, 5.74) is 2.63. The van der Waals surface area contributed by atoms with Crippen LogP contribution in [0.5, 0.6) is 0 Å². The van der Waals surface area contributed by atoms with E-state index in [-0.39, 0.29) is 11.9 Å². The molecule has 3 aliphatic heterocycles. The fourth-order valence-electron chi connectivity index (χ4n) is 4.62. The van der Waals surface area contributed by atoms with E-state index in [0.29, 0.717) is 11.4 Å². The number of thioether (sulfide) groups is 1. The molecule has 1 unspecified atom stereocenters. The Bertz CT molecular complexity index is 1040. The standard InChI is InChI=1S/C21H17BrN2O3S/c1-27-19(25)18-17(12-5-3-2-4-6-12)16-10-28-11-24(16)21(18)14-9-13(22)7-8-15(14)23-20(21)26/h2-9,16H,10-11H2,1H3,(H,23,26)/t16-,21?/m1/s1. The summed E-state index contributed by atoms with van der Waals surface area (Å²) in [6, 6.07) is 15.5. The van der Waals surface area contributed by atoms with Crippen molar-refractivity contribution < 1.29 is 14.3 Å². The van der Waals surface area contributed by atoms with Crippen LogP contribution in [0.4, 0.5) is 5.69 Å². The fourth-order valence-corrected chi connectivity index (χ4v) is 6.23. The van der Waals surface area contributed by atoms with Gasteiger partial charge in [0.1, 0.15) is 0 Å². The van der Waals surface area contributed by atoms with Gasteiger partial charge in [-0.05, 0) is 29.3 Å². The average Bonchev–Trinajstić information content (AvgIpc) is 3.36. The highest BCUT2D eigenvalue weighted by Gasteiger charge is 2.64. The molecule has 3 aliphatic rings. The maximum Gasteiger partial charge on any atom is 0.336 e. The first-order valence-corrected chi connectivity index (χ1v) is 10.9. The van der Waals surface area contributed by atoms with Crippen molar-refractivity contribution in [2.45, 2.75) is 11.6 Å². The van der Waals surface area contributed by atoms with E-state index in [9.17, 15) is 9.59 Å². The number of carbonyl (C=O) groups is 2. The van der Waals surface area contributed by atoms with Gasteiger partial charge in [-0.25, -0.2) is 4.79 Å². The number of methoxy groups -OCH3 is 1. The minimum absolute atomic E-state index is 0.0304. The Morgan fingerprint density at radius 3 is 2.82 bits per heavy atom. The normalized spacial score (nSPS) is 25.8. The van der Waals surface area contributed by atoms with Gasteiger partial charge < -0.3 is 10.1 Å². The topological polar surface area (TPSA) is 58.6 Å². The molecular formula is C21H17BrN2O3S. The first-order chi connectivity index (χ1) is 13.6. The molecule has 142 valence electrons. The third-order valence-electron chi connectivity index (χ3n) is 5.70. The number of hydrogen-bond donors (Lipinski definition) is 1. The summed E-state index contributed by atoms with van der Waals surface area (Å²) in [6.45, 7) is 0. The molecular weight excluding hydrogens is 440 g/mol. The molecule has 1 N–H and O–H groups in total. The highest BCUT2D eigenvalue weighted by molar-refractivity contribution is 9.10. The monoisotopic (exact) mass is 456 g/mol. The van der Waals surface area contributed by atoms with E-state index in [1.54, 1.807) is 11.8 Å². The molecule has 5 nitrogen and oxygen atoms in total. The minimum Gasteiger partial charge on any atom is -0.466 e. The Morgan fingerprint density at radius 1 is 1.29 bits per heavy atom. The number of halogens is 1. The summed E-state index contributed by atoms with van der Waals surface area (Å²) < 4.78 is 6.07. The Morgan fingerprint density at radius 2 is 2.07 bits per heavy atom. The molecule has 0 radical (unpaired) electrons. The Labute approximate surface area is 175 Å². The summed E-state index contributed by atoms with van der Waals surface area (Å²) in [6.07, 6.45) is 0. The second-order valence-electron chi connectivity index (χ2n) is 6.99. The molecule has 7 heteroatoms. The molecule has 0 aromatic heterocycles. The van der Waals surface area contributed by atoms with E-state index in [2.05, 4.69) is 26.1 Å². The van der Waals surface area contributed by atoms with Gasteiger partial charge in [-0.1, -0.05) is 46.3 Å². The van der Waals surface area contributed by atoms with Crippen molar-refractivity contribution in [3.05, 3.63) is 69.7 Å². The number of fused-ring (bicyclic) bond motifs is 4. The number of hydrogen-bond acceptors (Lipinski definition) is 5. The smallest absolute Gasteiger partial charge is 0.336 e. The summed E-state index contributed by atoms with van der Waals surface area (Å²) in [7, 11) is 1.37. The van der Waals surface area contributed by atoms with E-state index in [4.69, 9.17) is 4.74 Å². The summed E-state index contributed by atoms with van der Waals surface area (Å²) >= 11 is 5.30. The van der Waals surface area contributed by atoms with Crippen molar-refractivity contribution in [1.82, 2.24) is 4.90 Å². The van der Waals surface area contributed by atoms with Gasteiger partial charge >= 0.3 is 5.97 Å². The molecule has 1 fully saturated rings. The third-order valence-corrected chi connectivity index (χ3v) is 7.21. The lowest BCUT2D eigenvalue weighted by Gasteiger charge is -2.34. The number of carbonyl (C=O) groups excluding carboxylic acids is 2. The molecule has 1 spiro atoms. The maximum absolute atomic E-state index is 13.5. The quantitative estimate of drug-likeness (QED) is 0.699. The highest BCUT2D eigenvalue weighted by atomic mass is 79.9. The van der Waals surface area contributed by atoms with E-state index in [0.717, 1.165) is 32.6 Å². The molecule has 0 saturated carbocycles. The van der Waals surface area contributed by atoms with Gasteiger partial charge in [0.15, 0.2) is 5.54 Å².